The van der Waals surface area contributed by atoms with Crippen LogP contribution in [0.4, 0.5) is 17.1 Å². The molecule has 198 valence electrons. The van der Waals surface area contributed by atoms with E-state index in [0.717, 1.165) is 51.6 Å². The van der Waals surface area contributed by atoms with Crippen LogP contribution in [-0.4, -0.2) is 34.5 Å². The van der Waals surface area contributed by atoms with Gasteiger partial charge in [0, 0.05) is 18.8 Å². The van der Waals surface area contributed by atoms with E-state index in [2.05, 4.69) is 14.9 Å². The van der Waals surface area contributed by atoms with Crippen LogP contribution in [0.15, 0.2) is 47.4 Å². The van der Waals surface area contributed by atoms with Crippen molar-refractivity contribution in [1.82, 2.24) is 0 Å². The standard InChI is InChI=1S/C29H37N3O4S/c1-36-26-8-4-3-7-24(26)31-37(34,35)27-16-23(9-10-25(27)32-11-5-2-6-12-32)30-28(33)29-17-20-13-21(18-29)15-22(14-20)19-29/h3-4,7-10,16,20-22,31H,2,5-6,11-15,17-19H2,1H3,(H,30,33). The van der Waals surface area contributed by atoms with E-state index < -0.39 is 10.0 Å². The molecular formula is C29H37N3O4S. The summed E-state index contributed by atoms with van der Waals surface area (Å²) in [7, 11) is -2.43. The summed E-state index contributed by atoms with van der Waals surface area (Å²) >= 11 is 0. The summed E-state index contributed by atoms with van der Waals surface area (Å²) in [5, 5.41) is 3.15. The summed E-state index contributed by atoms with van der Waals surface area (Å²) in [6.45, 7) is 1.63. The lowest BCUT2D eigenvalue weighted by Crippen LogP contribution is -2.51. The van der Waals surface area contributed by atoms with Crippen LogP contribution < -0.4 is 19.7 Å². The SMILES string of the molecule is COc1ccccc1NS(=O)(=O)c1cc(NC(=O)C23CC4CC(CC(C4)C2)C3)ccc1N1CCCCC1. The van der Waals surface area contributed by atoms with E-state index in [1.54, 1.807) is 30.3 Å². The first-order valence-electron chi connectivity index (χ1n) is 13.7. The Bertz CT molecular complexity index is 1250. The quantitative estimate of drug-likeness (QED) is 0.490. The Balaban J connectivity index is 1.32. The largest absolute Gasteiger partial charge is 0.495 e. The van der Waals surface area contributed by atoms with Crippen LogP contribution in [0.5, 0.6) is 5.75 Å². The number of benzene rings is 2. The molecule has 37 heavy (non-hydrogen) atoms. The lowest BCUT2D eigenvalue weighted by Gasteiger charge is -2.55. The normalized spacial score (nSPS) is 28.7. The summed E-state index contributed by atoms with van der Waals surface area (Å²) < 4.78 is 35.7. The first kappa shape index (κ1) is 24.6. The average molecular weight is 524 g/mol. The number of ether oxygens (including phenoxy) is 1. The van der Waals surface area contributed by atoms with Crippen LogP contribution >= 0.6 is 0 Å². The number of sulfonamides is 1. The Morgan fingerprint density at radius 1 is 0.946 bits per heavy atom. The zero-order chi connectivity index (χ0) is 25.6. The molecule has 2 N–H and O–H groups in total. The number of hydrogen-bond donors (Lipinski definition) is 2. The van der Waals surface area contributed by atoms with Crippen LogP contribution in [0.3, 0.4) is 0 Å². The van der Waals surface area contributed by atoms with Gasteiger partial charge in [-0.15, -0.1) is 0 Å². The van der Waals surface area contributed by atoms with Crippen molar-refractivity contribution in [2.45, 2.75) is 62.7 Å². The predicted molar refractivity (Wildman–Crippen MR) is 146 cm³/mol. The topological polar surface area (TPSA) is 87.7 Å². The molecule has 0 spiro atoms. The highest BCUT2D eigenvalue weighted by Crippen LogP contribution is 2.60. The maximum Gasteiger partial charge on any atom is 0.264 e. The highest BCUT2D eigenvalue weighted by molar-refractivity contribution is 7.93. The highest BCUT2D eigenvalue weighted by Gasteiger charge is 2.54. The third-order valence-corrected chi connectivity index (χ3v) is 10.5. The molecule has 2 aromatic carbocycles. The summed E-state index contributed by atoms with van der Waals surface area (Å²) in [4.78, 5) is 16.0. The summed E-state index contributed by atoms with van der Waals surface area (Å²) in [5.74, 6) is 2.52. The Morgan fingerprint density at radius 3 is 2.24 bits per heavy atom. The van der Waals surface area contributed by atoms with Gasteiger partial charge in [0.2, 0.25) is 5.91 Å². The first-order chi connectivity index (χ1) is 17.8. The predicted octanol–water partition coefficient (Wildman–Crippen LogP) is 5.64. The monoisotopic (exact) mass is 523 g/mol. The molecule has 7 nitrogen and oxygen atoms in total. The maximum atomic E-state index is 13.8. The minimum absolute atomic E-state index is 0.0679. The number of amides is 1. The minimum atomic E-state index is -3.95. The van der Waals surface area contributed by atoms with E-state index in [-0.39, 0.29) is 16.2 Å². The molecule has 1 amide bonds. The number of piperidine rings is 1. The molecule has 4 saturated carbocycles. The lowest BCUT2D eigenvalue weighted by atomic mass is 9.49. The fraction of sp³-hybridized carbons (Fsp3) is 0.552. The van der Waals surface area contributed by atoms with Crippen molar-refractivity contribution in [1.29, 1.82) is 0 Å². The maximum absolute atomic E-state index is 13.8. The third kappa shape index (κ3) is 4.69. The van der Waals surface area contributed by atoms with Crippen molar-refractivity contribution in [3.05, 3.63) is 42.5 Å². The van der Waals surface area contributed by atoms with Gasteiger partial charge >= 0.3 is 0 Å². The second-order valence-electron chi connectivity index (χ2n) is 11.7. The molecule has 0 radical (unpaired) electrons. The molecule has 5 aliphatic rings. The van der Waals surface area contributed by atoms with Crippen molar-refractivity contribution in [3.8, 4) is 5.75 Å². The fourth-order valence-electron chi connectivity index (χ4n) is 7.78. The van der Waals surface area contributed by atoms with Gasteiger partial charge < -0.3 is 15.0 Å². The van der Waals surface area contributed by atoms with Gasteiger partial charge in [0.15, 0.2) is 0 Å². The van der Waals surface area contributed by atoms with E-state index >= 15 is 0 Å². The van der Waals surface area contributed by atoms with Crippen molar-refractivity contribution in [2.24, 2.45) is 23.2 Å². The zero-order valence-electron chi connectivity index (χ0n) is 21.5. The number of nitrogens with zero attached hydrogens (tertiary/aromatic N) is 1. The number of anilines is 3. The molecule has 4 aliphatic carbocycles. The van der Waals surface area contributed by atoms with Gasteiger partial charge in [-0.1, -0.05) is 12.1 Å². The van der Waals surface area contributed by atoms with Gasteiger partial charge in [0.05, 0.1) is 23.9 Å². The van der Waals surface area contributed by atoms with Crippen LogP contribution in [-0.2, 0) is 14.8 Å². The van der Waals surface area contributed by atoms with E-state index in [0.29, 0.717) is 40.6 Å². The number of nitrogens with one attached hydrogen (secondary N) is 2. The number of carbonyl (C=O) groups excluding carboxylic acids is 1. The molecule has 1 heterocycles. The lowest BCUT2D eigenvalue weighted by molar-refractivity contribution is -0.140. The molecule has 8 heteroatoms. The van der Waals surface area contributed by atoms with Gasteiger partial charge in [-0.05, 0) is 106 Å². The fourth-order valence-corrected chi connectivity index (χ4v) is 9.11. The van der Waals surface area contributed by atoms with Gasteiger partial charge in [0.1, 0.15) is 10.6 Å². The molecule has 1 aliphatic heterocycles. The molecule has 0 aromatic heterocycles. The minimum Gasteiger partial charge on any atom is -0.495 e. The second kappa shape index (κ2) is 9.53. The van der Waals surface area contributed by atoms with E-state index in [9.17, 15) is 13.2 Å². The van der Waals surface area contributed by atoms with Crippen LogP contribution in [0, 0.1) is 23.2 Å². The summed E-state index contributed by atoms with van der Waals surface area (Å²) in [6, 6.07) is 12.4. The molecule has 7 rings (SSSR count). The van der Waals surface area contributed by atoms with Gasteiger partial charge in [-0.2, -0.15) is 0 Å². The average Bonchev–Trinajstić information content (AvgIpc) is 2.88. The zero-order valence-corrected chi connectivity index (χ0v) is 22.4. The van der Waals surface area contributed by atoms with Crippen LogP contribution in [0.2, 0.25) is 0 Å². The number of rotatable bonds is 7. The Kier molecular flexibility index (Phi) is 6.33. The van der Waals surface area contributed by atoms with Crippen molar-refractivity contribution >= 4 is 33.0 Å². The Morgan fingerprint density at radius 2 is 1.59 bits per heavy atom. The van der Waals surface area contributed by atoms with Gasteiger partial charge in [0.25, 0.3) is 10.0 Å². The van der Waals surface area contributed by atoms with E-state index in [1.165, 1.54) is 26.4 Å². The van der Waals surface area contributed by atoms with Crippen molar-refractivity contribution < 1.29 is 17.9 Å². The molecule has 0 unspecified atom stereocenters. The van der Waals surface area contributed by atoms with E-state index in [4.69, 9.17) is 4.74 Å². The van der Waals surface area contributed by atoms with Crippen molar-refractivity contribution in [3.63, 3.8) is 0 Å². The van der Waals surface area contributed by atoms with Gasteiger partial charge in [-0.25, -0.2) is 8.42 Å². The summed E-state index contributed by atoms with van der Waals surface area (Å²) in [6.07, 6.45) is 9.94. The summed E-state index contributed by atoms with van der Waals surface area (Å²) in [5.41, 5.74) is 1.31. The molecule has 4 bridgehead atoms. The Labute approximate surface area is 220 Å². The molecular weight excluding hydrogens is 486 g/mol. The molecule has 1 saturated heterocycles. The highest BCUT2D eigenvalue weighted by atomic mass is 32.2. The number of methoxy groups -OCH3 is 1. The number of carbonyl (C=O) groups is 1. The third-order valence-electron chi connectivity index (χ3n) is 9.08. The molecule has 0 atom stereocenters. The number of hydrogen-bond acceptors (Lipinski definition) is 5. The van der Waals surface area contributed by atoms with E-state index in [1.807, 2.05) is 12.1 Å². The van der Waals surface area contributed by atoms with Gasteiger partial charge in [-0.3, -0.25) is 9.52 Å². The number of para-hydroxylation sites is 2. The smallest absolute Gasteiger partial charge is 0.264 e. The van der Waals surface area contributed by atoms with Crippen molar-refractivity contribution in [2.75, 3.05) is 35.1 Å². The Hall–Kier alpha value is -2.74. The second-order valence-corrected chi connectivity index (χ2v) is 13.3. The molecule has 5 fully saturated rings. The first-order valence-corrected chi connectivity index (χ1v) is 15.2. The van der Waals surface area contributed by atoms with Crippen LogP contribution in [0.25, 0.3) is 0 Å². The molecule has 2 aromatic rings. The van der Waals surface area contributed by atoms with Crippen LogP contribution in [0.1, 0.15) is 57.8 Å².